The normalized spacial score (nSPS) is 20.2. The van der Waals surface area contributed by atoms with E-state index >= 15 is 0 Å². The molecule has 3 rings (SSSR count). The van der Waals surface area contributed by atoms with Crippen molar-refractivity contribution in [3.05, 3.63) is 36.0 Å². The number of carbonyl (C=O) groups is 1. The highest BCUT2D eigenvalue weighted by atomic mass is 19.3. The number of anilines is 3. The average molecular weight is 449 g/mol. The van der Waals surface area contributed by atoms with Gasteiger partial charge in [-0.2, -0.15) is 10.4 Å². The van der Waals surface area contributed by atoms with E-state index in [0.717, 1.165) is 5.69 Å². The molecule has 1 fully saturated rings. The molecular formula is C20H28F2N9O+. The second-order valence-corrected chi connectivity index (χ2v) is 7.52. The van der Waals surface area contributed by atoms with Gasteiger partial charge in [-0.15, -0.1) is 0 Å². The van der Waals surface area contributed by atoms with E-state index in [4.69, 9.17) is 11.5 Å². The van der Waals surface area contributed by atoms with Gasteiger partial charge < -0.3 is 27.4 Å². The van der Waals surface area contributed by atoms with Gasteiger partial charge in [-0.1, -0.05) is 11.2 Å². The number of hydrogen-bond acceptors (Lipinski definition) is 8. The Morgan fingerprint density at radius 3 is 3.00 bits per heavy atom. The summed E-state index contributed by atoms with van der Waals surface area (Å²) >= 11 is 0. The predicted molar refractivity (Wildman–Crippen MR) is 118 cm³/mol. The molecule has 0 spiro atoms. The van der Waals surface area contributed by atoms with Crippen molar-refractivity contribution >= 4 is 35.3 Å². The summed E-state index contributed by atoms with van der Waals surface area (Å²) in [6.45, 7) is 0.643. The first-order valence-electron chi connectivity index (χ1n) is 10.2. The van der Waals surface area contributed by atoms with Gasteiger partial charge in [-0.25, -0.2) is 13.8 Å². The summed E-state index contributed by atoms with van der Waals surface area (Å²) in [4.78, 5) is 20.2. The molecule has 0 aliphatic heterocycles. The van der Waals surface area contributed by atoms with Gasteiger partial charge in [-0.3, -0.25) is 4.79 Å². The molecule has 1 aliphatic carbocycles. The van der Waals surface area contributed by atoms with Crippen LogP contribution >= 0.6 is 0 Å². The largest absolute Gasteiger partial charge is 0.365 e. The van der Waals surface area contributed by atoms with Gasteiger partial charge >= 0.3 is 0 Å². The molecule has 1 heterocycles. The van der Waals surface area contributed by atoms with E-state index in [1.54, 1.807) is 17.7 Å². The predicted octanol–water partition coefficient (Wildman–Crippen LogP) is 0.646. The lowest BCUT2D eigenvalue weighted by Gasteiger charge is -2.35. The van der Waals surface area contributed by atoms with Crippen molar-refractivity contribution in [2.75, 3.05) is 24.2 Å². The zero-order valence-corrected chi connectivity index (χ0v) is 17.7. The smallest absolute Gasteiger partial charge is 0.264 e. The maximum Gasteiger partial charge on any atom is 0.264 e. The van der Waals surface area contributed by atoms with Crippen molar-refractivity contribution in [1.29, 1.82) is 0 Å². The Hall–Kier alpha value is -3.22. The number of rotatable bonds is 9. The molecule has 32 heavy (non-hydrogen) atoms. The molecule has 12 heteroatoms. The minimum Gasteiger partial charge on any atom is -0.365 e. The summed E-state index contributed by atoms with van der Waals surface area (Å²) in [5.41, 5.74) is 14.4. The fourth-order valence-electron chi connectivity index (χ4n) is 3.37. The van der Waals surface area contributed by atoms with E-state index in [9.17, 15) is 13.6 Å². The number of hydrogen-bond donors (Lipinski definition) is 6. The van der Waals surface area contributed by atoms with E-state index in [0.29, 0.717) is 25.1 Å². The third-order valence-electron chi connectivity index (χ3n) is 5.09. The van der Waals surface area contributed by atoms with E-state index in [2.05, 4.69) is 31.0 Å². The van der Waals surface area contributed by atoms with Crippen LogP contribution in [-0.2, 0) is 0 Å². The van der Waals surface area contributed by atoms with Gasteiger partial charge in [0.25, 0.3) is 11.8 Å². The maximum atomic E-state index is 14.0. The number of nitrogens with zero attached hydrogens (tertiary/aromatic N) is 3. The van der Waals surface area contributed by atoms with E-state index in [1.165, 1.54) is 6.20 Å². The first-order valence-corrected chi connectivity index (χ1v) is 10.2. The molecular weight excluding hydrogens is 420 g/mol. The Kier molecular flexibility index (Phi) is 7.62. The summed E-state index contributed by atoms with van der Waals surface area (Å²) in [5, 5.41) is 13.1. The van der Waals surface area contributed by atoms with Gasteiger partial charge in [0.05, 0.1) is 18.3 Å². The van der Waals surface area contributed by atoms with Crippen molar-refractivity contribution in [3.8, 4) is 0 Å². The highest BCUT2D eigenvalue weighted by Crippen LogP contribution is 2.33. The first kappa shape index (κ1) is 23.4. The molecule has 172 valence electrons. The molecule has 2 aromatic rings. The van der Waals surface area contributed by atoms with Crippen LogP contribution in [0.1, 0.15) is 29.6 Å². The number of primary amides is 1. The van der Waals surface area contributed by atoms with Gasteiger partial charge in [0.15, 0.2) is 5.69 Å². The Labute approximate surface area is 184 Å². The molecule has 2 atom stereocenters. The summed E-state index contributed by atoms with van der Waals surface area (Å²) < 4.78 is 27.9. The Morgan fingerprint density at radius 1 is 1.44 bits per heavy atom. The molecule has 10 nitrogen and oxygen atoms in total. The molecule has 0 radical (unpaired) electrons. The quantitative estimate of drug-likeness (QED) is 0.142. The fraction of sp³-hybridized carbons (Fsp3) is 0.400. The molecule has 9 N–H and O–H groups in total. The first-order chi connectivity index (χ1) is 15.3. The highest BCUT2D eigenvalue weighted by molar-refractivity contribution is 5.98. The van der Waals surface area contributed by atoms with Gasteiger partial charge in [0.1, 0.15) is 11.4 Å². The molecule has 0 unspecified atom stereocenters. The number of benzene rings is 1. The van der Waals surface area contributed by atoms with Crippen LogP contribution in [0.5, 0.6) is 0 Å². The third kappa shape index (κ3) is 5.93. The number of aromatic nitrogens is 2. The molecule has 0 bridgehead atoms. The van der Waals surface area contributed by atoms with Gasteiger partial charge in [0.2, 0.25) is 5.95 Å². The second kappa shape index (κ2) is 10.4. The van der Waals surface area contributed by atoms with Gasteiger partial charge in [-0.05, 0) is 26.0 Å². The lowest BCUT2D eigenvalue weighted by Crippen LogP contribution is -2.71. The molecule has 1 aliphatic rings. The lowest BCUT2D eigenvalue weighted by atomic mass is 9.87. The Balaban J connectivity index is 1.79. The zero-order valence-electron chi connectivity index (χ0n) is 17.7. The standard InChI is InChI=1S/C20H27F2N9O/c1-25-8-9-27-31-13-5-2-4-12(10-13)28-18-14(17(24)32)11-26-19(30-18)29-15-6-3-7-20(21,22)16(15)23/h2,4-5,9-11,15-16,25,31H,3,6-8,23H2,1H3,(H2,24,32)(H2,26,28,29,30)/p+1/b27-9-/t15-,16-/m1/s1. The van der Waals surface area contributed by atoms with Crippen LogP contribution in [-0.4, -0.2) is 53.7 Å². The monoisotopic (exact) mass is 448 g/mol. The maximum absolute atomic E-state index is 14.0. The summed E-state index contributed by atoms with van der Waals surface area (Å²) in [6.07, 6.45) is 3.54. The molecule has 1 saturated carbocycles. The SMILES string of the molecule is CNC/C=N\[NH2+]c1cccc(Nc2nc(N[C@@H]3CCCC(F)(F)[C@@H]3N)ncc2C(N)=O)c1. The lowest BCUT2D eigenvalue weighted by molar-refractivity contribution is -0.577. The van der Waals surface area contributed by atoms with Crippen LogP contribution in [0.3, 0.4) is 0 Å². The third-order valence-corrected chi connectivity index (χ3v) is 5.09. The number of halogens is 2. The summed E-state index contributed by atoms with van der Waals surface area (Å²) in [5.74, 6) is -3.45. The van der Waals surface area contributed by atoms with E-state index in [1.807, 2.05) is 25.2 Å². The van der Waals surface area contributed by atoms with Crippen LogP contribution in [0.25, 0.3) is 0 Å². The van der Waals surface area contributed by atoms with Crippen LogP contribution in [0.2, 0.25) is 0 Å². The van der Waals surface area contributed by atoms with Crippen molar-refractivity contribution in [2.45, 2.75) is 37.3 Å². The number of alkyl halides is 2. The van der Waals surface area contributed by atoms with Crippen LogP contribution in [0.4, 0.5) is 31.9 Å². The zero-order chi connectivity index (χ0) is 23.1. The van der Waals surface area contributed by atoms with Crippen LogP contribution in [0, 0.1) is 0 Å². The number of amides is 1. The summed E-state index contributed by atoms with van der Waals surface area (Å²) in [6, 6.07) is 5.23. The van der Waals surface area contributed by atoms with Crippen molar-refractivity contribution < 1.29 is 19.0 Å². The Morgan fingerprint density at radius 2 is 2.25 bits per heavy atom. The number of nitrogens with one attached hydrogen (secondary N) is 3. The second-order valence-electron chi connectivity index (χ2n) is 7.52. The number of nitrogens with two attached hydrogens (primary N) is 3. The summed E-state index contributed by atoms with van der Waals surface area (Å²) in [7, 11) is 1.82. The Bertz CT molecular complexity index is 970. The van der Waals surface area contributed by atoms with E-state index < -0.39 is 23.9 Å². The average Bonchev–Trinajstić information content (AvgIpc) is 2.75. The van der Waals surface area contributed by atoms with Crippen molar-refractivity contribution in [3.63, 3.8) is 0 Å². The molecule has 1 aromatic heterocycles. The van der Waals surface area contributed by atoms with Crippen LogP contribution in [0.15, 0.2) is 35.6 Å². The molecule has 1 aromatic carbocycles. The van der Waals surface area contributed by atoms with Crippen LogP contribution < -0.4 is 32.8 Å². The van der Waals surface area contributed by atoms with Gasteiger partial charge in [0, 0.05) is 37.0 Å². The highest BCUT2D eigenvalue weighted by Gasteiger charge is 2.44. The molecule has 0 saturated heterocycles. The number of quaternary nitrogens is 1. The minimum atomic E-state index is -2.96. The number of carbonyl (C=O) groups excluding carboxylic acids is 1. The molecule has 1 amide bonds. The van der Waals surface area contributed by atoms with Crippen molar-refractivity contribution in [1.82, 2.24) is 15.3 Å². The van der Waals surface area contributed by atoms with E-state index in [-0.39, 0.29) is 23.8 Å². The minimum absolute atomic E-state index is 0.0650. The fourth-order valence-corrected chi connectivity index (χ4v) is 3.37. The van der Waals surface area contributed by atoms with Crippen molar-refractivity contribution in [2.24, 2.45) is 16.6 Å². The topological polar surface area (TPSA) is 160 Å².